The maximum Gasteiger partial charge on any atom is 0.206 e. The van der Waals surface area contributed by atoms with Gasteiger partial charge in [0.05, 0.1) is 31.7 Å². The van der Waals surface area contributed by atoms with E-state index in [0.717, 1.165) is 11.1 Å². The van der Waals surface area contributed by atoms with Crippen molar-refractivity contribution in [2.45, 2.75) is 69.1 Å². The highest BCUT2D eigenvalue weighted by molar-refractivity contribution is 7.91. The van der Waals surface area contributed by atoms with Gasteiger partial charge in [-0.25, -0.2) is 16.8 Å². The van der Waals surface area contributed by atoms with Gasteiger partial charge in [0.25, 0.3) is 0 Å². The summed E-state index contributed by atoms with van der Waals surface area (Å²) in [6, 6.07) is 22.0. The molecule has 0 spiro atoms. The summed E-state index contributed by atoms with van der Waals surface area (Å²) in [6.07, 6.45) is -0.119. The van der Waals surface area contributed by atoms with Gasteiger partial charge in [-0.3, -0.25) is 14.4 Å². The van der Waals surface area contributed by atoms with Crippen LogP contribution in [0.5, 0.6) is 0 Å². The third kappa shape index (κ3) is 8.46. The summed E-state index contributed by atoms with van der Waals surface area (Å²) >= 11 is 12.3. The van der Waals surface area contributed by atoms with E-state index in [0.29, 0.717) is 11.1 Å². The van der Waals surface area contributed by atoms with Crippen molar-refractivity contribution in [2.24, 2.45) is 11.5 Å². The molecule has 0 fully saturated rings. The molecule has 4 aromatic carbocycles. The van der Waals surface area contributed by atoms with Gasteiger partial charge < -0.3 is 11.5 Å². The number of Topliss-reactive ketones (excluding diaryl/α,β-unsaturated/α-hetero) is 3. The fourth-order valence-corrected chi connectivity index (χ4v) is 7.97. The monoisotopic (exact) mass is 728 g/mol. The molecule has 9 nitrogen and oxygen atoms in total. The zero-order chi connectivity index (χ0) is 35.4. The zero-order valence-electron chi connectivity index (χ0n) is 26.0. The highest BCUT2D eigenvalue weighted by atomic mass is 35.5. The number of ketones is 3. The number of alkyl halides is 2. The van der Waals surface area contributed by atoms with Crippen LogP contribution in [0.4, 0.5) is 0 Å². The van der Waals surface area contributed by atoms with Gasteiger partial charge in [0, 0.05) is 0 Å². The summed E-state index contributed by atoms with van der Waals surface area (Å²) in [5.74, 6) is -2.80. The van der Waals surface area contributed by atoms with Gasteiger partial charge in [-0.05, 0) is 86.3 Å². The Hall–Kier alpha value is -3.71. The molecule has 4 atom stereocenters. The van der Waals surface area contributed by atoms with Crippen molar-refractivity contribution in [3.8, 4) is 0 Å². The van der Waals surface area contributed by atoms with E-state index in [1.54, 1.807) is 24.3 Å². The van der Waals surface area contributed by atoms with Crippen LogP contribution in [0.2, 0.25) is 0 Å². The second-order valence-corrected chi connectivity index (χ2v) is 16.2. The minimum absolute atomic E-state index is 0.0588. The third-order valence-corrected chi connectivity index (χ3v) is 12.2. The summed E-state index contributed by atoms with van der Waals surface area (Å²) in [5.41, 5.74) is 15.0. The first kappa shape index (κ1) is 37.1. The molecule has 4 aromatic rings. The Morgan fingerprint density at radius 1 is 0.500 bits per heavy atom. The van der Waals surface area contributed by atoms with Crippen molar-refractivity contribution in [3.05, 3.63) is 119 Å². The number of aryl methyl sites for hydroxylation is 2. The Bertz CT molecular complexity index is 1870. The lowest BCUT2D eigenvalue weighted by Crippen LogP contribution is -2.48. The van der Waals surface area contributed by atoms with Crippen LogP contribution >= 0.6 is 23.2 Å². The lowest BCUT2D eigenvalue weighted by Gasteiger charge is -2.18. The molecule has 0 aliphatic rings. The van der Waals surface area contributed by atoms with Crippen molar-refractivity contribution < 1.29 is 31.2 Å². The molecule has 0 aliphatic carbocycles. The van der Waals surface area contributed by atoms with Crippen molar-refractivity contribution in [1.29, 1.82) is 0 Å². The quantitative estimate of drug-likeness (QED) is 0.142. The molecule has 0 aliphatic heterocycles. The smallest absolute Gasteiger partial charge is 0.206 e. The molecule has 13 heteroatoms. The fourth-order valence-electron chi connectivity index (χ4n) is 4.81. The molecule has 0 amide bonds. The van der Waals surface area contributed by atoms with E-state index in [4.69, 9.17) is 34.7 Å². The van der Waals surface area contributed by atoms with Crippen LogP contribution < -0.4 is 11.5 Å². The Morgan fingerprint density at radius 3 is 1.02 bits per heavy atom. The molecular formula is C35H34Cl2N2O7S2. The second kappa shape index (κ2) is 15.2. The molecule has 2 unspecified atom stereocenters. The summed E-state index contributed by atoms with van der Waals surface area (Å²) in [4.78, 5) is 39.2. The molecule has 0 saturated heterocycles. The Morgan fingerprint density at radius 2 is 0.750 bits per heavy atom. The first-order valence-electron chi connectivity index (χ1n) is 14.7. The number of hydrogen-bond donors (Lipinski definition) is 2. The summed E-state index contributed by atoms with van der Waals surface area (Å²) in [5, 5.41) is -3.66. The number of hydrogen-bond acceptors (Lipinski definition) is 9. The molecule has 0 heterocycles. The fraction of sp³-hybridized carbons (Fsp3) is 0.229. The normalized spacial score (nSPS) is 14.5. The topological polar surface area (TPSA) is 172 Å². The zero-order valence-corrected chi connectivity index (χ0v) is 29.2. The number of halogens is 2. The summed E-state index contributed by atoms with van der Waals surface area (Å²) < 4.78 is 51.7. The number of rotatable bonds is 14. The van der Waals surface area contributed by atoms with Crippen molar-refractivity contribution >= 4 is 60.2 Å². The van der Waals surface area contributed by atoms with Crippen molar-refractivity contribution in [3.63, 3.8) is 0 Å². The third-order valence-electron chi connectivity index (χ3n) is 7.77. The standard InChI is InChI=1S/C35H34Cl2N2O7S2/c1-21-3-11-25(12-4-21)47(43,44)27-15-7-23(8-16-27)19-29(38)33(40)31(36)35(42)32(37)34(41)30(39)20-24-9-17-28(18-10-24)48(45,46)26-13-5-22(2)6-14-26/h3-18,29-32H,19-20,38-39H2,1-2H3/t29-,30-,31?,32?/m0/s1. The van der Waals surface area contributed by atoms with E-state index in [1.807, 2.05) is 13.8 Å². The first-order chi connectivity index (χ1) is 22.5. The van der Waals surface area contributed by atoms with Crippen LogP contribution in [0.25, 0.3) is 0 Å². The molecule has 48 heavy (non-hydrogen) atoms. The lowest BCUT2D eigenvalue weighted by molar-refractivity contribution is -0.130. The van der Waals surface area contributed by atoms with Gasteiger partial charge in [-0.2, -0.15) is 0 Å². The molecular weight excluding hydrogens is 695 g/mol. The van der Waals surface area contributed by atoms with Crippen molar-refractivity contribution in [1.82, 2.24) is 0 Å². The van der Waals surface area contributed by atoms with Gasteiger partial charge in [-0.15, -0.1) is 23.2 Å². The van der Waals surface area contributed by atoms with Gasteiger partial charge in [0.2, 0.25) is 19.7 Å². The number of nitrogens with two attached hydrogens (primary N) is 2. The predicted octanol–water partition coefficient (Wildman–Crippen LogP) is 4.33. The van der Waals surface area contributed by atoms with Gasteiger partial charge >= 0.3 is 0 Å². The summed E-state index contributed by atoms with van der Waals surface area (Å²) in [6.45, 7) is 3.70. The number of carbonyl (C=O) groups is 3. The van der Waals surface area contributed by atoms with Gasteiger partial charge in [0.15, 0.2) is 28.1 Å². The highest BCUT2D eigenvalue weighted by Gasteiger charge is 2.37. The largest absolute Gasteiger partial charge is 0.321 e. The van der Waals surface area contributed by atoms with Crippen LogP contribution in [0.15, 0.2) is 117 Å². The van der Waals surface area contributed by atoms with Crippen LogP contribution in [0, 0.1) is 13.8 Å². The number of carbonyl (C=O) groups excluding carboxylic acids is 3. The minimum atomic E-state index is -3.75. The molecule has 4 rings (SSSR count). The average molecular weight is 730 g/mol. The minimum Gasteiger partial charge on any atom is -0.321 e. The molecule has 252 valence electrons. The maximum absolute atomic E-state index is 12.9. The van der Waals surface area contributed by atoms with Crippen LogP contribution in [0.1, 0.15) is 22.3 Å². The van der Waals surface area contributed by atoms with Crippen LogP contribution in [-0.2, 0) is 46.9 Å². The summed E-state index contributed by atoms with van der Waals surface area (Å²) in [7, 11) is -7.50. The predicted molar refractivity (Wildman–Crippen MR) is 184 cm³/mol. The maximum atomic E-state index is 12.9. The van der Waals surface area contributed by atoms with E-state index in [1.165, 1.54) is 72.8 Å². The highest BCUT2D eigenvalue weighted by Crippen LogP contribution is 2.24. The molecule has 0 radical (unpaired) electrons. The second-order valence-electron chi connectivity index (χ2n) is 11.5. The van der Waals surface area contributed by atoms with E-state index < -0.39 is 59.9 Å². The Kier molecular flexibility index (Phi) is 11.8. The molecule has 0 aromatic heterocycles. The molecule has 4 N–H and O–H groups in total. The van der Waals surface area contributed by atoms with Gasteiger partial charge in [0.1, 0.15) is 0 Å². The van der Waals surface area contributed by atoms with Crippen molar-refractivity contribution in [2.75, 3.05) is 0 Å². The molecule has 0 saturated carbocycles. The van der Waals surface area contributed by atoms with Crippen LogP contribution in [-0.4, -0.2) is 57.0 Å². The van der Waals surface area contributed by atoms with Gasteiger partial charge in [-0.1, -0.05) is 59.7 Å². The van der Waals surface area contributed by atoms with E-state index >= 15 is 0 Å². The van der Waals surface area contributed by atoms with E-state index in [9.17, 15) is 31.2 Å². The lowest BCUT2D eigenvalue weighted by atomic mass is 9.95. The van der Waals surface area contributed by atoms with E-state index in [-0.39, 0.29) is 32.4 Å². The number of benzene rings is 4. The number of sulfone groups is 2. The van der Waals surface area contributed by atoms with Crippen LogP contribution in [0.3, 0.4) is 0 Å². The first-order valence-corrected chi connectivity index (χ1v) is 18.6. The van der Waals surface area contributed by atoms with E-state index in [2.05, 4.69) is 0 Å². The Balaban J connectivity index is 1.34. The SMILES string of the molecule is Cc1ccc(S(=O)(=O)c2ccc(C[C@H](N)C(=O)C(Cl)C(=O)C(Cl)C(=O)[C@@H](N)Cc3ccc(S(=O)(=O)c4ccc(C)cc4)cc3)cc2)cc1. The molecule has 0 bridgehead atoms. The Labute approximate surface area is 290 Å². The average Bonchev–Trinajstić information content (AvgIpc) is 3.07.